The summed E-state index contributed by atoms with van der Waals surface area (Å²) >= 11 is 2.19. The van der Waals surface area contributed by atoms with Crippen molar-refractivity contribution in [3.05, 3.63) is 0 Å². The second-order valence-corrected chi connectivity index (χ2v) is 4.63. The molecule has 98 valence electrons. The van der Waals surface area contributed by atoms with Gasteiger partial charge >= 0.3 is 0 Å². The highest BCUT2D eigenvalue weighted by molar-refractivity contribution is 14.2. The molecular formula is C9H21INO4P. The summed E-state index contributed by atoms with van der Waals surface area (Å²) in [6.45, 7) is 5.90. The van der Waals surface area contributed by atoms with Crippen LogP contribution in [0.2, 0.25) is 0 Å². The van der Waals surface area contributed by atoms with Gasteiger partial charge in [-0.25, -0.2) is 0 Å². The zero-order valence-electron chi connectivity index (χ0n) is 9.67. The largest absolute Gasteiger partial charge is 0.378 e. The fourth-order valence-electron chi connectivity index (χ4n) is 0.855. The van der Waals surface area contributed by atoms with Crippen molar-refractivity contribution in [1.29, 1.82) is 0 Å². The minimum Gasteiger partial charge on any atom is -0.378 e. The van der Waals surface area contributed by atoms with Crippen molar-refractivity contribution in [2.45, 2.75) is 0 Å². The van der Waals surface area contributed by atoms with Gasteiger partial charge in [-0.2, -0.15) is 0 Å². The number of likely N-dealkylation sites (N-methyl/N-ethyl adjacent to an activating group) is 1. The molecule has 1 N–H and O–H groups in total. The molecule has 7 heteroatoms. The molecule has 5 nitrogen and oxygen atoms in total. The van der Waals surface area contributed by atoms with Crippen LogP contribution in [0.3, 0.4) is 0 Å². The third-order valence-corrected chi connectivity index (χ3v) is 2.87. The molecule has 0 aliphatic rings. The summed E-state index contributed by atoms with van der Waals surface area (Å²) < 4.78 is 21.0. The Kier molecular flexibility index (Phi) is 16.9. The molecule has 0 bridgehead atoms. The van der Waals surface area contributed by atoms with Gasteiger partial charge in [0.05, 0.1) is 52.7 Å². The molecule has 16 heavy (non-hydrogen) atoms. The quantitative estimate of drug-likeness (QED) is 0.302. The van der Waals surface area contributed by atoms with E-state index in [-0.39, 0.29) is 0 Å². The fraction of sp³-hybridized carbons (Fsp3) is 1.00. The van der Waals surface area contributed by atoms with Crippen molar-refractivity contribution in [2.24, 2.45) is 0 Å². The summed E-state index contributed by atoms with van der Waals surface area (Å²) in [7, 11) is 1.90. The second-order valence-electron chi connectivity index (χ2n) is 2.87. The molecule has 0 aliphatic heterocycles. The molecule has 0 radical (unpaired) electrons. The number of halogens is 1. The van der Waals surface area contributed by atoms with Crippen LogP contribution in [-0.2, 0) is 18.7 Å². The summed E-state index contributed by atoms with van der Waals surface area (Å²) in [5.41, 5.74) is 0. The van der Waals surface area contributed by atoms with E-state index in [0.29, 0.717) is 46.1 Å². The molecule has 0 spiro atoms. The normalized spacial score (nSPS) is 11.6. The Balaban J connectivity index is 2.83. The van der Waals surface area contributed by atoms with E-state index < -0.39 is 0 Å². The van der Waals surface area contributed by atoms with Crippen molar-refractivity contribution in [3.8, 4) is 0 Å². The van der Waals surface area contributed by atoms with E-state index in [1.54, 1.807) is 0 Å². The van der Waals surface area contributed by atoms with Gasteiger partial charge in [0.2, 0.25) is 0 Å². The highest BCUT2D eigenvalue weighted by Crippen LogP contribution is 2.20. The van der Waals surface area contributed by atoms with E-state index in [1.807, 2.05) is 7.05 Å². The van der Waals surface area contributed by atoms with Gasteiger partial charge in [-0.05, 0) is 29.1 Å². The zero-order valence-corrected chi connectivity index (χ0v) is 12.8. The molecule has 0 aliphatic carbocycles. The topological polar surface area (TPSA) is 49.0 Å². The first-order chi connectivity index (χ1) is 7.91. The predicted octanol–water partition coefficient (Wildman–Crippen LogP) is 1.22. The Bertz CT molecular complexity index is 120. The Labute approximate surface area is 112 Å². The summed E-state index contributed by atoms with van der Waals surface area (Å²) in [4.78, 5) is 0. The number of hydrogen-bond acceptors (Lipinski definition) is 5. The maximum Gasteiger partial charge on any atom is 0.0794 e. The first kappa shape index (κ1) is 17.0. The van der Waals surface area contributed by atoms with E-state index in [2.05, 4.69) is 27.4 Å². The molecule has 0 fully saturated rings. The van der Waals surface area contributed by atoms with E-state index in [9.17, 15) is 0 Å². The van der Waals surface area contributed by atoms with Gasteiger partial charge in [-0.1, -0.05) is 0 Å². The van der Waals surface area contributed by atoms with Crippen molar-refractivity contribution < 1.29 is 18.7 Å². The van der Waals surface area contributed by atoms with Gasteiger partial charge < -0.3 is 24.1 Å². The summed E-state index contributed by atoms with van der Waals surface area (Å²) in [5.74, 6) is 0. The first-order valence-corrected chi connectivity index (χ1v) is 9.29. The average molecular weight is 365 g/mol. The maximum atomic E-state index is 5.31. The van der Waals surface area contributed by atoms with Gasteiger partial charge in [0, 0.05) is 6.54 Å². The lowest BCUT2D eigenvalue weighted by Gasteiger charge is -2.06. The van der Waals surface area contributed by atoms with Crippen LogP contribution in [0, 0.1) is 0 Å². The lowest BCUT2D eigenvalue weighted by Crippen LogP contribution is -2.16. The number of ether oxygens (including phenoxy) is 3. The second kappa shape index (κ2) is 16.0. The Morgan fingerprint density at radius 3 is 1.88 bits per heavy atom. The molecule has 0 amide bonds. The van der Waals surface area contributed by atoms with Crippen LogP contribution >= 0.6 is 28.5 Å². The van der Waals surface area contributed by atoms with Gasteiger partial charge in [-0.15, -0.1) is 0 Å². The standard InChI is InChI=1S/C9H21INO4P/c1-11-2-3-12-4-5-13-6-7-14-8-9-15-16-10/h11,16H,2-9H2,1H3. The van der Waals surface area contributed by atoms with Crippen molar-refractivity contribution >= 4 is 28.5 Å². The average Bonchev–Trinajstić information content (AvgIpc) is 2.31. The SMILES string of the molecule is CNCCOCCOCCOCCOPI. The molecule has 0 aromatic rings. The Morgan fingerprint density at radius 2 is 1.38 bits per heavy atom. The Hall–Kier alpha value is 0.960. The van der Waals surface area contributed by atoms with Gasteiger partial charge in [0.25, 0.3) is 0 Å². The van der Waals surface area contributed by atoms with Gasteiger partial charge in [-0.3, -0.25) is 0 Å². The van der Waals surface area contributed by atoms with Crippen molar-refractivity contribution in [1.82, 2.24) is 5.32 Å². The number of nitrogens with one attached hydrogen (secondary N) is 1. The lowest BCUT2D eigenvalue weighted by molar-refractivity contribution is 0.0109. The van der Waals surface area contributed by atoms with Crippen molar-refractivity contribution in [3.63, 3.8) is 0 Å². The Morgan fingerprint density at radius 1 is 0.875 bits per heavy atom. The number of rotatable bonds is 13. The van der Waals surface area contributed by atoms with Crippen LogP contribution in [-0.4, -0.2) is 59.8 Å². The van der Waals surface area contributed by atoms with Crippen molar-refractivity contribution in [2.75, 3.05) is 59.8 Å². The van der Waals surface area contributed by atoms with Gasteiger partial charge in [0.15, 0.2) is 0 Å². The van der Waals surface area contributed by atoms with Gasteiger partial charge in [0.1, 0.15) is 0 Å². The molecule has 0 saturated carbocycles. The molecule has 0 saturated heterocycles. The van der Waals surface area contributed by atoms with E-state index in [0.717, 1.165) is 13.2 Å². The van der Waals surface area contributed by atoms with Crippen LogP contribution in [0.25, 0.3) is 0 Å². The minimum atomic E-state index is 0.507. The predicted molar refractivity (Wildman–Crippen MR) is 74.7 cm³/mol. The lowest BCUT2D eigenvalue weighted by atomic mass is 10.6. The maximum absolute atomic E-state index is 5.31. The molecule has 0 heterocycles. The van der Waals surface area contributed by atoms with Crippen LogP contribution in [0.1, 0.15) is 0 Å². The molecule has 1 atom stereocenters. The third kappa shape index (κ3) is 15.0. The summed E-state index contributed by atoms with van der Waals surface area (Å²) in [6, 6.07) is 0. The summed E-state index contributed by atoms with van der Waals surface area (Å²) in [5, 5.41) is 3.01. The third-order valence-electron chi connectivity index (χ3n) is 1.62. The van der Waals surface area contributed by atoms with E-state index in [1.165, 1.54) is 0 Å². The monoisotopic (exact) mass is 365 g/mol. The zero-order chi connectivity index (χ0) is 11.9. The van der Waals surface area contributed by atoms with Crippen LogP contribution < -0.4 is 5.32 Å². The van der Waals surface area contributed by atoms with Crippen LogP contribution in [0.4, 0.5) is 0 Å². The van der Waals surface area contributed by atoms with Crippen LogP contribution in [0.5, 0.6) is 0 Å². The minimum absolute atomic E-state index is 0.507. The van der Waals surface area contributed by atoms with E-state index >= 15 is 0 Å². The summed E-state index contributed by atoms with van der Waals surface area (Å²) in [6.07, 6.45) is 0. The molecule has 1 unspecified atom stereocenters. The smallest absolute Gasteiger partial charge is 0.0794 e. The molecule has 0 aromatic carbocycles. The van der Waals surface area contributed by atoms with E-state index in [4.69, 9.17) is 18.7 Å². The molecule has 0 rings (SSSR count). The number of hydrogen-bond donors (Lipinski definition) is 1. The fourth-order valence-corrected chi connectivity index (χ4v) is 1.68. The van der Waals surface area contributed by atoms with Crippen LogP contribution in [0.15, 0.2) is 0 Å². The highest BCUT2D eigenvalue weighted by Gasteiger charge is 1.91. The highest BCUT2D eigenvalue weighted by atomic mass is 127. The molecule has 0 aromatic heterocycles. The molecular weight excluding hydrogens is 344 g/mol. The first-order valence-electron chi connectivity index (χ1n) is 5.27.